The molecule has 0 saturated heterocycles. The summed E-state index contributed by atoms with van der Waals surface area (Å²) in [6, 6.07) is 14.1. The highest BCUT2D eigenvalue weighted by molar-refractivity contribution is 9.11. The lowest BCUT2D eigenvalue weighted by molar-refractivity contribution is 0.580. The number of rotatable bonds is 6. The van der Waals surface area contributed by atoms with Gasteiger partial charge < -0.3 is 5.32 Å². The number of hydrogen-bond donors (Lipinski definition) is 1. The van der Waals surface area contributed by atoms with Crippen LogP contribution in [0.3, 0.4) is 0 Å². The van der Waals surface area contributed by atoms with Crippen molar-refractivity contribution in [3.63, 3.8) is 0 Å². The average Bonchev–Trinajstić information content (AvgIpc) is 3.17. The number of benzene rings is 1. The summed E-state index contributed by atoms with van der Waals surface area (Å²) in [6.45, 7) is 3.26. The van der Waals surface area contributed by atoms with Gasteiger partial charge in [-0.05, 0) is 59.8 Å². The van der Waals surface area contributed by atoms with E-state index in [0.29, 0.717) is 5.92 Å². The van der Waals surface area contributed by atoms with Crippen molar-refractivity contribution in [2.75, 3.05) is 6.54 Å². The molecule has 20 heavy (non-hydrogen) atoms. The van der Waals surface area contributed by atoms with Crippen molar-refractivity contribution in [3.8, 4) is 0 Å². The van der Waals surface area contributed by atoms with Gasteiger partial charge in [-0.2, -0.15) is 0 Å². The van der Waals surface area contributed by atoms with Crippen LogP contribution in [0, 0.1) is 6.92 Å². The second-order valence-electron chi connectivity index (χ2n) is 5.70. The molecule has 1 aromatic heterocycles. The molecule has 1 aliphatic carbocycles. The maximum atomic E-state index is 3.69. The topological polar surface area (TPSA) is 12.0 Å². The Morgan fingerprint density at radius 3 is 2.80 bits per heavy atom. The van der Waals surface area contributed by atoms with Crippen molar-refractivity contribution < 1.29 is 0 Å². The summed E-state index contributed by atoms with van der Waals surface area (Å²) in [5.41, 5.74) is 2.81. The molecule has 3 rings (SSSR count). The third kappa shape index (κ3) is 3.94. The fourth-order valence-electron chi connectivity index (χ4n) is 2.53. The lowest BCUT2D eigenvalue weighted by Gasteiger charge is -2.18. The number of nitrogens with one attached hydrogen (secondary N) is 1. The number of aryl methyl sites for hydroxylation is 1. The van der Waals surface area contributed by atoms with Crippen LogP contribution in [-0.4, -0.2) is 12.6 Å². The summed E-state index contributed by atoms with van der Waals surface area (Å²) in [5.74, 6) is 0.570. The lowest BCUT2D eigenvalue weighted by atomic mass is 9.93. The SMILES string of the molecule is Cc1cccc(C(CNC2CC2)Cc2ccc(Br)s2)c1. The monoisotopic (exact) mass is 349 g/mol. The zero-order chi connectivity index (χ0) is 13.9. The zero-order valence-electron chi connectivity index (χ0n) is 11.7. The van der Waals surface area contributed by atoms with E-state index >= 15 is 0 Å². The summed E-state index contributed by atoms with van der Waals surface area (Å²) in [7, 11) is 0. The van der Waals surface area contributed by atoms with Gasteiger partial charge in [0.15, 0.2) is 0 Å². The molecule has 0 amide bonds. The molecule has 1 aromatic carbocycles. The Labute approximate surface area is 133 Å². The molecule has 0 aliphatic heterocycles. The molecule has 0 radical (unpaired) electrons. The van der Waals surface area contributed by atoms with Gasteiger partial charge >= 0.3 is 0 Å². The Kier molecular flexibility index (Phi) is 4.59. The predicted molar refractivity (Wildman–Crippen MR) is 90.7 cm³/mol. The van der Waals surface area contributed by atoms with Gasteiger partial charge in [0.1, 0.15) is 0 Å². The van der Waals surface area contributed by atoms with E-state index in [4.69, 9.17) is 0 Å². The van der Waals surface area contributed by atoms with Gasteiger partial charge in [0.25, 0.3) is 0 Å². The van der Waals surface area contributed by atoms with Crippen molar-refractivity contribution >= 4 is 27.3 Å². The minimum Gasteiger partial charge on any atom is -0.313 e. The standard InChI is InChI=1S/C17H20BrNS/c1-12-3-2-4-13(9-12)14(11-19-15-5-6-15)10-16-7-8-17(18)20-16/h2-4,7-9,14-15,19H,5-6,10-11H2,1H3. The van der Waals surface area contributed by atoms with Crippen LogP contribution in [0.15, 0.2) is 40.2 Å². The summed E-state index contributed by atoms with van der Waals surface area (Å²) in [4.78, 5) is 1.46. The van der Waals surface area contributed by atoms with Gasteiger partial charge in [-0.3, -0.25) is 0 Å². The molecule has 1 atom stereocenters. The first-order valence-electron chi connectivity index (χ1n) is 7.25. The summed E-state index contributed by atoms with van der Waals surface area (Å²) >= 11 is 5.42. The highest BCUT2D eigenvalue weighted by atomic mass is 79.9. The van der Waals surface area contributed by atoms with Crippen LogP contribution in [0.25, 0.3) is 0 Å². The molecule has 1 fully saturated rings. The minimum atomic E-state index is 0.570. The number of hydrogen-bond acceptors (Lipinski definition) is 2. The van der Waals surface area contributed by atoms with Gasteiger partial charge in [-0.1, -0.05) is 29.8 Å². The molecule has 1 nitrogen and oxygen atoms in total. The van der Waals surface area contributed by atoms with Crippen LogP contribution >= 0.6 is 27.3 Å². The maximum absolute atomic E-state index is 3.69. The molecule has 0 spiro atoms. The molecular weight excluding hydrogens is 330 g/mol. The molecule has 1 aliphatic rings. The van der Waals surface area contributed by atoms with E-state index in [9.17, 15) is 0 Å². The second kappa shape index (κ2) is 6.42. The Morgan fingerprint density at radius 1 is 1.30 bits per heavy atom. The van der Waals surface area contributed by atoms with Crippen LogP contribution in [0.2, 0.25) is 0 Å². The summed E-state index contributed by atoms with van der Waals surface area (Å²) < 4.78 is 1.23. The van der Waals surface area contributed by atoms with E-state index in [2.05, 4.69) is 64.6 Å². The second-order valence-corrected chi connectivity index (χ2v) is 8.25. The van der Waals surface area contributed by atoms with Crippen LogP contribution in [0.5, 0.6) is 0 Å². The number of thiophene rings is 1. The van der Waals surface area contributed by atoms with Gasteiger partial charge in [0.2, 0.25) is 0 Å². The molecule has 106 valence electrons. The van der Waals surface area contributed by atoms with Crippen molar-refractivity contribution in [2.24, 2.45) is 0 Å². The average molecular weight is 350 g/mol. The molecule has 1 N–H and O–H groups in total. The minimum absolute atomic E-state index is 0.570. The summed E-state index contributed by atoms with van der Waals surface area (Å²) in [5, 5.41) is 3.69. The maximum Gasteiger partial charge on any atom is 0.0701 e. The molecule has 0 bridgehead atoms. The van der Waals surface area contributed by atoms with E-state index in [0.717, 1.165) is 19.0 Å². The van der Waals surface area contributed by atoms with Crippen molar-refractivity contribution in [2.45, 2.75) is 38.1 Å². The zero-order valence-corrected chi connectivity index (χ0v) is 14.1. The van der Waals surface area contributed by atoms with Gasteiger partial charge in [-0.15, -0.1) is 11.3 Å². The van der Waals surface area contributed by atoms with Crippen molar-refractivity contribution in [1.82, 2.24) is 5.32 Å². The smallest absolute Gasteiger partial charge is 0.0701 e. The van der Waals surface area contributed by atoms with Gasteiger partial charge in [0, 0.05) is 23.4 Å². The first-order valence-corrected chi connectivity index (χ1v) is 8.86. The lowest BCUT2D eigenvalue weighted by Crippen LogP contribution is -2.24. The first kappa shape index (κ1) is 14.3. The molecular formula is C17H20BrNS. The Hall–Kier alpha value is -0.640. The largest absolute Gasteiger partial charge is 0.313 e. The highest BCUT2D eigenvalue weighted by Crippen LogP contribution is 2.29. The fraction of sp³-hybridized carbons (Fsp3) is 0.412. The van der Waals surface area contributed by atoms with Crippen molar-refractivity contribution in [1.29, 1.82) is 0 Å². The van der Waals surface area contributed by atoms with E-state index < -0.39 is 0 Å². The first-order chi connectivity index (χ1) is 9.70. The Morgan fingerprint density at radius 2 is 2.15 bits per heavy atom. The van der Waals surface area contributed by atoms with Crippen LogP contribution < -0.4 is 5.32 Å². The quantitative estimate of drug-likeness (QED) is 0.782. The molecule has 2 aromatic rings. The molecule has 1 saturated carbocycles. The Bertz CT molecular complexity index is 574. The van der Waals surface area contributed by atoms with E-state index in [-0.39, 0.29) is 0 Å². The van der Waals surface area contributed by atoms with E-state index in [1.807, 2.05) is 11.3 Å². The predicted octanol–water partition coefficient (Wildman–Crippen LogP) is 4.90. The van der Waals surface area contributed by atoms with Crippen molar-refractivity contribution in [3.05, 3.63) is 56.2 Å². The normalized spacial score (nSPS) is 16.3. The summed E-state index contributed by atoms with van der Waals surface area (Å²) in [6.07, 6.45) is 3.83. The molecule has 1 unspecified atom stereocenters. The van der Waals surface area contributed by atoms with Crippen LogP contribution in [0.4, 0.5) is 0 Å². The fourth-order valence-corrected chi connectivity index (χ4v) is 4.10. The van der Waals surface area contributed by atoms with E-state index in [1.54, 1.807) is 0 Å². The number of halogens is 1. The third-order valence-corrected chi connectivity index (χ3v) is 5.47. The van der Waals surface area contributed by atoms with Crippen LogP contribution in [0.1, 0.15) is 34.8 Å². The molecule has 3 heteroatoms. The molecule has 1 heterocycles. The Balaban J connectivity index is 1.74. The van der Waals surface area contributed by atoms with Crippen LogP contribution in [-0.2, 0) is 6.42 Å². The van der Waals surface area contributed by atoms with E-state index in [1.165, 1.54) is 32.6 Å². The van der Waals surface area contributed by atoms with Gasteiger partial charge in [-0.25, -0.2) is 0 Å². The van der Waals surface area contributed by atoms with Gasteiger partial charge in [0.05, 0.1) is 3.79 Å². The highest BCUT2D eigenvalue weighted by Gasteiger charge is 2.23. The third-order valence-electron chi connectivity index (χ3n) is 3.82.